The lowest BCUT2D eigenvalue weighted by Crippen LogP contribution is -2.28. The monoisotopic (exact) mass is 356 g/mol. The van der Waals surface area contributed by atoms with Crippen molar-refractivity contribution in [1.29, 1.82) is 0 Å². The van der Waals surface area contributed by atoms with Gasteiger partial charge in [-0.3, -0.25) is 4.79 Å². The fraction of sp³-hybridized carbons (Fsp3) is 0.375. The second-order valence-electron chi connectivity index (χ2n) is 5.35. The summed E-state index contributed by atoms with van der Waals surface area (Å²) in [5.74, 6) is -0.739. The standard InChI is InChI=1S/C16H21FN4O2.ClH/c1-10-6-11(2)21(20-10)15-5-4-12(7-14(15)17)19-16(22)8-13(9-18)23-3;/h4-7,13H,8-9,18H2,1-3H3,(H,19,22);1H. The van der Waals surface area contributed by atoms with Gasteiger partial charge in [-0.15, -0.1) is 12.4 Å². The summed E-state index contributed by atoms with van der Waals surface area (Å²) in [7, 11) is 1.49. The molecule has 132 valence electrons. The number of anilines is 1. The van der Waals surface area contributed by atoms with Crippen molar-refractivity contribution in [1.82, 2.24) is 9.78 Å². The first-order chi connectivity index (χ1) is 10.9. The van der Waals surface area contributed by atoms with Gasteiger partial charge in [0.1, 0.15) is 5.69 Å². The maximum atomic E-state index is 14.3. The van der Waals surface area contributed by atoms with E-state index in [4.69, 9.17) is 10.5 Å². The first kappa shape index (κ1) is 20.1. The number of nitrogens with one attached hydrogen (secondary N) is 1. The van der Waals surface area contributed by atoms with Gasteiger partial charge in [0.2, 0.25) is 5.91 Å². The van der Waals surface area contributed by atoms with Crippen LogP contribution in [0.5, 0.6) is 0 Å². The molecule has 0 aliphatic carbocycles. The third kappa shape index (κ3) is 4.77. The number of aromatic nitrogens is 2. The van der Waals surface area contributed by atoms with Gasteiger partial charge in [0.05, 0.1) is 18.2 Å². The van der Waals surface area contributed by atoms with Crippen LogP contribution >= 0.6 is 12.4 Å². The number of carbonyl (C=O) groups is 1. The number of nitrogens with zero attached hydrogens (tertiary/aromatic N) is 2. The minimum absolute atomic E-state index is 0. The second-order valence-corrected chi connectivity index (χ2v) is 5.35. The average molecular weight is 357 g/mol. The summed E-state index contributed by atoms with van der Waals surface area (Å²) in [6, 6.07) is 6.36. The highest BCUT2D eigenvalue weighted by Crippen LogP contribution is 2.20. The Bertz CT molecular complexity index is 701. The lowest BCUT2D eigenvalue weighted by atomic mass is 10.2. The van der Waals surface area contributed by atoms with Crippen LogP contribution < -0.4 is 11.1 Å². The first-order valence-corrected chi connectivity index (χ1v) is 7.30. The number of rotatable bonds is 6. The van der Waals surface area contributed by atoms with E-state index in [9.17, 15) is 9.18 Å². The second kappa shape index (κ2) is 8.77. The van der Waals surface area contributed by atoms with Crippen molar-refractivity contribution < 1.29 is 13.9 Å². The zero-order valence-corrected chi connectivity index (χ0v) is 14.7. The van der Waals surface area contributed by atoms with Gasteiger partial charge < -0.3 is 15.8 Å². The van der Waals surface area contributed by atoms with Crippen LogP contribution in [-0.2, 0) is 9.53 Å². The Balaban J connectivity index is 0.00000288. The Hall–Kier alpha value is -1.96. The molecule has 0 saturated carbocycles. The van der Waals surface area contributed by atoms with Gasteiger partial charge in [0.15, 0.2) is 5.82 Å². The number of methoxy groups -OCH3 is 1. The molecule has 1 amide bonds. The predicted molar refractivity (Wildman–Crippen MR) is 93.3 cm³/mol. The van der Waals surface area contributed by atoms with Gasteiger partial charge in [0.25, 0.3) is 0 Å². The zero-order valence-electron chi connectivity index (χ0n) is 13.9. The number of nitrogens with two attached hydrogens (primary N) is 1. The fourth-order valence-corrected chi connectivity index (χ4v) is 2.31. The molecule has 8 heteroatoms. The van der Waals surface area contributed by atoms with Crippen LogP contribution in [-0.4, -0.2) is 35.4 Å². The Morgan fingerprint density at radius 3 is 2.62 bits per heavy atom. The molecule has 0 fully saturated rings. The maximum absolute atomic E-state index is 14.3. The summed E-state index contributed by atoms with van der Waals surface area (Å²) in [5.41, 5.74) is 7.84. The third-order valence-corrected chi connectivity index (χ3v) is 3.48. The van der Waals surface area contributed by atoms with E-state index in [1.54, 1.807) is 12.1 Å². The predicted octanol–water partition coefficient (Wildman–Crippen LogP) is 2.35. The summed E-state index contributed by atoms with van der Waals surface area (Å²) in [6.45, 7) is 3.95. The Morgan fingerprint density at radius 2 is 2.12 bits per heavy atom. The number of amides is 1. The van der Waals surface area contributed by atoms with Gasteiger partial charge in [-0.05, 0) is 38.1 Å². The van der Waals surface area contributed by atoms with Crippen molar-refractivity contribution in [3.63, 3.8) is 0 Å². The van der Waals surface area contributed by atoms with Crippen LogP contribution in [0.4, 0.5) is 10.1 Å². The highest BCUT2D eigenvalue weighted by Gasteiger charge is 2.14. The Labute approximate surface area is 146 Å². The van der Waals surface area contributed by atoms with Crippen molar-refractivity contribution in [2.45, 2.75) is 26.4 Å². The van der Waals surface area contributed by atoms with Crippen LogP contribution in [0, 0.1) is 19.7 Å². The van der Waals surface area contributed by atoms with Crippen LogP contribution in [0.1, 0.15) is 17.8 Å². The van der Waals surface area contributed by atoms with Gasteiger partial charge in [-0.25, -0.2) is 9.07 Å². The van der Waals surface area contributed by atoms with E-state index >= 15 is 0 Å². The van der Waals surface area contributed by atoms with Gasteiger partial charge in [0, 0.05) is 25.0 Å². The molecule has 2 aromatic rings. The van der Waals surface area contributed by atoms with Crippen molar-refractivity contribution in [3.8, 4) is 5.69 Å². The minimum atomic E-state index is -0.462. The zero-order chi connectivity index (χ0) is 17.0. The normalized spacial score (nSPS) is 11.7. The summed E-state index contributed by atoms with van der Waals surface area (Å²) in [6.07, 6.45) is -0.234. The molecule has 0 aliphatic rings. The van der Waals surface area contributed by atoms with Crippen LogP contribution in [0.15, 0.2) is 24.3 Å². The van der Waals surface area contributed by atoms with E-state index in [0.717, 1.165) is 11.4 Å². The lowest BCUT2D eigenvalue weighted by Gasteiger charge is -2.13. The van der Waals surface area contributed by atoms with E-state index in [2.05, 4.69) is 10.4 Å². The number of carbonyl (C=O) groups excluding carboxylic acids is 1. The molecule has 1 aromatic heterocycles. The third-order valence-electron chi connectivity index (χ3n) is 3.48. The lowest BCUT2D eigenvalue weighted by molar-refractivity contribution is -0.118. The topological polar surface area (TPSA) is 82.2 Å². The number of hydrogen-bond donors (Lipinski definition) is 2. The van der Waals surface area contributed by atoms with E-state index in [1.165, 1.54) is 17.9 Å². The summed E-state index contributed by atoms with van der Waals surface area (Å²) in [4.78, 5) is 11.9. The van der Waals surface area contributed by atoms with Crippen LogP contribution in [0.2, 0.25) is 0 Å². The number of halogens is 2. The Morgan fingerprint density at radius 1 is 1.42 bits per heavy atom. The SMILES string of the molecule is COC(CN)CC(=O)Nc1ccc(-n2nc(C)cc2C)c(F)c1.Cl. The molecule has 1 unspecified atom stereocenters. The summed E-state index contributed by atoms with van der Waals surface area (Å²) in [5, 5.41) is 6.89. The van der Waals surface area contributed by atoms with Gasteiger partial charge in [-0.1, -0.05) is 0 Å². The molecule has 1 heterocycles. The number of hydrogen-bond acceptors (Lipinski definition) is 4. The maximum Gasteiger partial charge on any atom is 0.227 e. The molecular formula is C16H22ClFN4O2. The molecular weight excluding hydrogens is 335 g/mol. The summed E-state index contributed by atoms with van der Waals surface area (Å²) < 4.78 is 20.9. The smallest absolute Gasteiger partial charge is 0.227 e. The molecule has 2 rings (SSSR count). The van der Waals surface area contributed by atoms with E-state index in [0.29, 0.717) is 11.4 Å². The molecule has 0 aliphatic heterocycles. The molecule has 1 aromatic carbocycles. The van der Waals surface area contributed by atoms with E-state index < -0.39 is 5.82 Å². The van der Waals surface area contributed by atoms with Crippen LogP contribution in [0.3, 0.4) is 0 Å². The Kier molecular flexibility index (Phi) is 7.34. The molecule has 6 nitrogen and oxygen atoms in total. The van der Waals surface area contributed by atoms with E-state index in [1.807, 2.05) is 19.9 Å². The van der Waals surface area contributed by atoms with Crippen molar-refractivity contribution in [2.24, 2.45) is 5.73 Å². The molecule has 0 radical (unpaired) electrons. The van der Waals surface area contributed by atoms with Gasteiger partial charge >= 0.3 is 0 Å². The van der Waals surface area contributed by atoms with Crippen molar-refractivity contribution >= 4 is 24.0 Å². The van der Waals surface area contributed by atoms with Gasteiger partial charge in [-0.2, -0.15) is 5.10 Å². The number of aryl methyl sites for hydroxylation is 2. The van der Waals surface area contributed by atoms with E-state index in [-0.39, 0.29) is 37.4 Å². The molecule has 0 bridgehead atoms. The fourth-order valence-electron chi connectivity index (χ4n) is 2.31. The molecule has 3 N–H and O–H groups in total. The first-order valence-electron chi connectivity index (χ1n) is 7.30. The molecule has 0 spiro atoms. The highest BCUT2D eigenvalue weighted by atomic mass is 35.5. The molecule has 0 saturated heterocycles. The largest absolute Gasteiger partial charge is 0.380 e. The number of benzene rings is 1. The number of ether oxygens (including phenoxy) is 1. The average Bonchev–Trinajstić information content (AvgIpc) is 2.83. The van der Waals surface area contributed by atoms with Crippen molar-refractivity contribution in [2.75, 3.05) is 19.0 Å². The minimum Gasteiger partial charge on any atom is -0.380 e. The molecule has 1 atom stereocenters. The quantitative estimate of drug-likeness (QED) is 0.832. The van der Waals surface area contributed by atoms with Crippen molar-refractivity contribution in [3.05, 3.63) is 41.5 Å². The highest BCUT2D eigenvalue weighted by molar-refractivity contribution is 5.91. The van der Waals surface area contributed by atoms with Crippen LogP contribution in [0.25, 0.3) is 5.69 Å². The molecule has 24 heavy (non-hydrogen) atoms. The summed E-state index contributed by atoms with van der Waals surface area (Å²) >= 11 is 0.